The summed E-state index contributed by atoms with van der Waals surface area (Å²) in [6, 6.07) is -1.67. The molecule has 2 aromatic rings. The third-order valence-electron chi connectivity index (χ3n) is 5.12. The maximum absolute atomic E-state index is 13.1. The molecule has 2 amide bonds. The molecule has 1 aliphatic heterocycles. The van der Waals surface area contributed by atoms with Crippen LogP contribution in [-0.4, -0.2) is 58.0 Å². The molecule has 0 saturated carbocycles. The number of hydrogen-bond donors (Lipinski definition) is 4. The third kappa shape index (κ3) is 7.19. The number of carbonyl (C=O) groups excluding carboxylic acids is 1. The van der Waals surface area contributed by atoms with Crippen LogP contribution in [0.15, 0.2) is 23.4 Å². The van der Waals surface area contributed by atoms with Crippen molar-refractivity contribution in [1.82, 2.24) is 31.0 Å². The molecule has 1 saturated heterocycles. The van der Waals surface area contributed by atoms with Gasteiger partial charge in [-0.25, -0.2) is 25.3 Å². The van der Waals surface area contributed by atoms with Gasteiger partial charge in [-0.2, -0.15) is 31.4 Å². The number of nitrogens with zero attached hydrogens (tertiary/aromatic N) is 4. The zero-order valence-corrected chi connectivity index (χ0v) is 18.7. The van der Waals surface area contributed by atoms with Gasteiger partial charge < -0.3 is 15.5 Å². The second kappa shape index (κ2) is 11.0. The maximum atomic E-state index is 13.1. The molecule has 0 unspecified atom stereocenters. The van der Waals surface area contributed by atoms with Gasteiger partial charge in [0, 0.05) is 37.6 Å². The first-order chi connectivity index (χ1) is 16.8. The fourth-order valence-corrected chi connectivity index (χ4v) is 3.40. The number of urea groups is 1. The molecule has 0 radical (unpaired) electrons. The average molecular weight is 524 g/mol. The molecule has 1 fully saturated rings. The summed E-state index contributed by atoms with van der Waals surface area (Å²) in [6.45, 7) is 2.02. The number of aromatic nitrogens is 4. The highest BCUT2D eigenvalue weighted by Gasteiger charge is 2.37. The largest absolute Gasteiger partial charge is 0.423 e. The number of nitrogens with one attached hydrogen (secondary N) is 4. The van der Waals surface area contributed by atoms with Crippen molar-refractivity contribution >= 4 is 17.7 Å². The Balaban J connectivity index is 1.40. The van der Waals surface area contributed by atoms with E-state index in [0.29, 0.717) is 38.3 Å². The van der Waals surface area contributed by atoms with Gasteiger partial charge in [-0.3, -0.25) is 9.63 Å². The van der Waals surface area contributed by atoms with Gasteiger partial charge in [0.1, 0.15) is 5.56 Å². The number of rotatable bonds is 7. The van der Waals surface area contributed by atoms with E-state index in [2.05, 4.69) is 31.2 Å². The topological polar surface area (TPSA) is 137 Å². The van der Waals surface area contributed by atoms with E-state index < -0.39 is 46.8 Å². The van der Waals surface area contributed by atoms with Crippen LogP contribution in [0.3, 0.4) is 0 Å². The van der Waals surface area contributed by atoms with Crippen LogP contribution in [0, 0.1) is 0 Å². The van der Waals surface area contributed by atoms with E-state index in [-0.39, 0.29) is 18.6 Å². The number of halogens is 6. The highest BCUT2D eigenvalue weighted by atomic mass is 19.4. The molecule has 0 bridgehead atoms. The maximum Gasteiger partial charge on any atom is 0.423 e. The summed E-state index contributed by atoms with van der Waals surface area (Å²) in [6.07, 6.45) is -6.25. The van der Waals surface area contributed by atoms with E-state index >= 15 is 0 Å². The van der Waals surface area contributed by atoms with Gasteiger partial charge in [0.15, 0.2) is 0 Å². The van der Waals surface area contributed by atoms with Crippen molar-refractivity contribution in [2.45, 2.75) is 44.2 Å². The number of anilines is 2. The number of amides is 2. The minimum Gasteiger partial charge on any atom is -0.378 e. The van der Waals surface area contributed by atoms with Crippen molar-refractivity contribution in [2.24, 2.45) is 0 Å². The monoisotopic (exact) mass is 524 g/mol. The van der Waals surface area contributed by atoms with Gasteiger partial charge in [-0.05, 0) is 19.8 Å². The van der Waals surface area contributed by atoms with Gasteiger partial charge in [0.05, 0.1) is 24.1 Å². The van der Waals surface area contributed by atoms with E-state index in [4.69, 9.17) is 4.84 Å². The molecule has 1 atom stereocenters. The molecular formula is C19H22F6N8O3. The fourth-order valence-electron chi connectivity index (χ4n) is 3.40. The number of alkyl halides is 6. The van der Waals surface area contributed by atoms with Crippen molar-refractivity contribution in [2.75, 3.05) is 29.9 Å². The lowest BCUT2D eigenvalue weighted by atomic mass is 10.1. The summed E-state index contributed by atoms with van der Waals surface area (Å²) in [5.41, 5.74) is -2.17. The van der Waals surface area contributed by atoms with Crippen molar-refractivity contribution in [3.63, 3.8) is 0 Å². The Kier molecular flexibility index (Phi) is 8.21. The van der Waals surface area contributed by atoms with E-state index in [1.807, 2.05) is 0 Å². The second-order valence-electron chi connectivity index (χ2n) is 7.95. The Bertz CT molecular complexity index is 1080. The summed E-state index contributed by atoms with van der Waals surface area (Å²) >= 11 is 0. The minimum absolute atomic E-state index is 0.153. The van der Waals surface area contributed by atoms with Crippen LogP contribution < -0.4 is 26.6 Å². The van der Waals surface area contributed by atoms with Gasteiger partial charge in [-0.15, -0.1) is 0 Å². The van der Waals surface area contributed by atoms with E-state index in [1.165, 1.54) is 6.92 Å². The molecule has 3 heterocycles. The summed E-state index contributed by atoms with van der Waals surface area (Å²) in [5, 5.41) is 10.2. The van der Waals surface area contributed by atoms with Gasteiger partial charge >= 0.3 is 18.4 Å². The van der Waals surface area contributed by atoms with Crippen LogP contribution in [0.5, 0.6) is 0 Å². The second-order valence-corrected chi connectivity index (χ2v) is 7.95. The lowest BCUT2D eigenvalue weighted by Gasteiger charge is -2.32. The van der Waals surface area contributed by atoms with Gasteiger partial charge in [0.25, 0.3) is 5.56 Å². The van der Waals surface area contributed by atoms with Crippen LogP contribution in [0.2, 0.25) is 0 Å². The normalized spacial score (nSPS) is 15.9. The first-order valence-electron chi connectivity index (χ1n) is 10.6. The minimum atomic E-state index is -4.90. The smallest absolute Gasteiger partial charge is 0.378 e. The van der Waals surface area contributed by atoms with Crippen molar-refractivity contribution in [1.29, 1.82) is 0 Å². The molecule has 1 aliphatic rings. The Hall–Kier alpha value is -3.63. The Morgan fingerprint density at radius 3 is 2.36 bits per heavy atom. The lowest BCUT2D eigenvalue weighted by molar-refractivity contribution is -0.139. The fraction of sp³-hybridized carbons (Fsp3) is 0.526. The van der Waals surface area contributed by atoms with Gasteiger partial charge in [0.2, 0.25) is 5.95 Å². The molecule has 17 heteroatoms. The summed E-state index contributed by atoms with van der Waals surface area (Å²) in [7, 11) is 0. The van der Waals surface area contributed by atoms with Gasteiger partial charge in [-0.1, -0.05) is 0 Å². The predicted molar refractivity (Wildman–Crippen MR) is 113 cm³/mol. The quantitative estimate of drug-likeness (QED) is 0.320. The molecule has 0 aliphatic carbocycles. The van der Waals surface area contributed by atoms with Crippen LogP contribution in [0.4, 0.5) is 42.8 Å². The molecule has 36 heavy (non-hydrogen) atoms. The Labute approximate surface area is 199 Å². The first-order valence-corrected chi connectivity index (χ1v) is 10.6. The molecule has 198 valence electrons. The van der Waals surface area contributed by atoms with E-state index in [0.717, 1.165) is 6.20 Å². The zero-order chi connectivity index (χ0) is 26.5. The zero-order valence-electron chi connectivity index (χ0n) is 18.7. The molecule has 3 rings (SSSR count). The molecular weight excluding hydrogens is 502 g/mol. The predicted octanol–water partition coefficient (Wildman–Crippen LogP) is 2.30. The SMILES string of the molecule is C[C@@H](CONC(=O)NC1CCN(c2ncc(C(F)(F)F)cn2)CC1)Nc1cn[nH]c(=O)c1C(F)(F)F. The number of hydroxylamine groups is 1. The van der Waals surface area contributed by atoms with Crippen molar-refractivity contribution in [3.8, 4) is 0 Å². The van der Waals surface area contributed by atoms with E-state index in [1.54, 1.807) is 10.00 Å². The van der Waals surface area contributed by atoms with Crippen molar-refractivity contribution < 1.29 is 36.0 Å². The number of piperidine rings is 1. The average Bonchev–Trinajstić information content (AvgIpc) is 2.78. The summed E-state index contributed by atoms with van der Waals surface area (Å²) in [4.78, 5) is 37.7. The number of H-pyrrole nitrogens is 1. The standard InChI is InChI=1S/C19H22F6N8O3/c1-10(29-13-8-28-31-15(34)14(13)19(23,24)25)9-36-32-17(35)30-12-2-4-33(5-3-12)16-26-6-11(7-27-16)18(20,21)22/h6-8,10,12H,2-5,9H2,1H3,(H2,29,31,34)(H2,30,32,35)/t10-/m0/s1. The summed E-state index contributed by atoms with van der Waals surface area (Å²) in [5.74, 6) is 0.153. The molecule has 0 aromatic carbocycles. The van der Waals surface area contributed by atoms with Crippen LogP contribution >= 0.6 is 0 Å². The lowest BCUT2D eigenvalue weighted by Crippen LogP contribution is -2.48. The van der Waals surface area contributed by atoms with Crippen LogP contribution in [-0.2, 0) is 17.2 Å². The third-order valence-corrected chi connectivity index (χ3v) is 5.12. The molecule has 4 N–H and O–H groups in total. The molecule has 0 spiro atoms. The highest BCUT2D eigenvalue weighted by molar-refractivity contribution is 5.73. The van der Waals surface area contributed by atoms with Crippen LogP contribution in [0.25, 0.3) is 0 Å². The van der Waals surface area contributed by atoms with E-state index in [9.17, 15) is 35.9 Å². The first kappa shape index (κ1) is 27.0. The summed E-state index contributed by atoms with van der Waals surface area (Å²) < 4.78 is 77.1. The number of aromatic amines is 1. The highest BCUT2D eigenvalue weighted by Crippen LogP contribution is 2.31. The Morgan fingerprint density at radius 2 is 1.78 bits per heavy atom. The Morgan fingerprint density at radius 1 is 1.14 bits per heavy atom. The van der Waals surface area contributed by atoms with Crippen molar-refractivity contribution in [3.05, 3.63) is 40.1 Å². The molecule has 11 nitrogen and oxygen atoms in total. The number of hydrogen-bond acceptors (Lipinski definition) is 8. The number of carbonyl (C=O) groups is 1. The molecule has 2 aromatic heterocycles. The van der Waals surface area contributed by atoms with Crippen LogP contribution in [0.1, 0.15) is 30.9 Å².